The Hall–Kier alpha value is -2.09. The van der Waals surface area contributed by atoms with Gasteiger partial charge in [-0.05, 0) is 19.4 Å². The van der Waals surface area contributed by atoms with Gasteiger partial charge in [-0.1, -0.05) is 6.92 Å². The standard InChI is InChI=1S/C11H13N5/c1-3-11(2,6-12)16-10-8-4-5-13-9(8)14-7-15-10/h4-5,7H,3H2,1-2H3,(H2,13,14,15,16). The number of hydrogen-bond acceptors (Lipinski definition) is 4. The molecule has 0 aliphatic heterocycles. The van der Waals surface area contributed by atoms with Gasteiger partial charge in [0.05, 0.1) is 11.5 Å². The molecule has 0 aliphatic carbocycles. The summed E-state index contributed by atoms with van der Waals surface area (Å²) in [6, 6.07) is 4.15. The summed E-state index contributed by atoms with van der Waals surface area (Å²) >= 11 is 0. The number of nitriles is 1. The van der Waals surface area contributed by atoms with Crippen LogP contribution in [0.4, 0.5) is 5.82 Å². The largest absolute Gasteiger partial charge is 0.352 e. The van der Waals surface area contributed by atoms with Crippen molar-refractivity contribution < 1.29 is 0 Å². The Balaban J connectivity index is 2.42. The molecule has 5 heteroatoms. The number of nitrogens with one attached hydrogen (secondary N) is 2. The van der Waals surface area contributed by atoms with E-state index in [2.05, 4.69) is 26.3 Å². The fourth-order valence-corrected chi connectivity index (χ4v) is 1.43. The fourth-order valence-electron chi connectivity index (χ4n) is 1.43. The van der Waals surface area contributed by atoms with Crippen LogP contribution in [0.3, 0.4) is 0 Å². The number of aromatic amines is 1. The zero-order valence-electron chi connectivity index (χ0n) is 9.28. The Morgan fingerprint density at radius 1 is 1.56 bits per heavy atom. The molecule has 2 aromatic rings. The highest BCUT2D eigenvalue weighted by Gasteiger charge is 2.22. The summed E-state index contributed by atoms with van der Waals surface area (Å²) in [6.07, 6.45) is 3.99. The topological polar surface area (TPSA) is 77.4 Å². The van der Waals surface area contributed by atoms with E-state index in [1.807, 2.05) is 19.9 Å². The van der Waals surface area contributed by atoms with Crippen molar-refractivity contribution in [3.63, 3.8) is 0 Å². The van der Waals surface area contributed by atoms with Crippen molar-refractivity contribution >= 4 is 16.9 Å². The van der Waals surface area contributed by atoms with Gasteiger partial charge in [-0.15, -0.1) is 0 Å². The van der Waals surface area contributed by atoms with Gasteiger partial charge in [-0.3, -0.25) is 0 Å². The molecule has 0 bridgehead atoms. The molecule has 0 radical (unpaired) electrons. The maximum absolute atomic E-state index is 9.11. The molecule has 2 aromatic heterocycles. The normalized spacial score (nSPS) is 14.3. The number of anilines is 1. The second-order valence-corrected chi connectivity index (χ2v) is 3.88. The molecule has 0 fully saturated rings. The van der Waals surface area contributed by atoms with E-state index < -0.39 is 5.54 Å². The van der Waals surface area contributed by atoms with Gasteiger partial charge in [-0.2, -0.15) is 5.26 Å². The third-order valence-corrected chi connectivity index (χ3v) is 2.70. The molecule has 0 aliphatic rings. The van der Waals surface area contributed by atoms with Crippen LogP contribution in [0.1, 0.15) is 20.3 Å². The van der Waals surface area contributed by atoms with Crippen molar-refractivity contribution in [1.29, 1.82) is 5.26 Å². The van der Waals surface area contributed by atoms with E-state index in [-0.39, 0.29) is 0 Å². The molecule has 2 rings (SSSR count). The van der Waals surface area contributed by atoms with Gasteiger partial charge in [-0.25, -0.2) is 9.97 Å². The molecule has 0 saturated heterocycles. The lowest BCUT2D eigenvalue weighted by molar-refractivity contribution is 0.624. The van der Waals surface area contributed by atoms with Crippen LogP contribution in [-0.2, 0) is 0 Å². The van der Waals surface area contributed by atoms with Crippen LogP contribution in [0.25, 0.3) is 11.0 Å². The Kier molecular flexibility index (Phi) is 2.49. The van der Waals surface area contributed by atoms with Crippen LogP contribution in [0.15, 0.2) is 18.6 Å². The maximum Gasteiger partial charge on any atom is 0.142 e. The minimum Gasteiger partial charge on any atom is -0.352 e. The van der Waals surface area contributed by atoms with Crippen molar-refractivity contribution in [2.24, 2.45) is 0 Å². The number of rotatable bonds is 3. The lowest BCUT2D eigenvalue weighted by atomic mass is 10.0. The highest BCUT2D eigenvalue weighted by atomic mass is 15.1. The zero-order valence-corrected chi connectivity index (χ0v) is 9.28. The van der Waals surface area contributed by atoms with Crippen molar-refractivity contribution in [3.05, 3.63) is 18.6 Å². The lowest BCUT2D eigenvalue weighted by Crippen LogP contribution is -2.32. The summed E-state index contributed by atoms with van der Waals surface area (Å²) in [5.41, 5.74) is 0.173. The fraction of sp³-hybridized carbons (Fsp3) is 0.364. The summed E-state index contributed by atoms with van der Waals surface area (Å²) in [7, 11) is 0. The van der Waals surface area contributed by atoms with Crippen molar-refractivity contribution in [2.75, 3.05) is 5.32 Å². The van der Waals surface area contributed by atoms with Gasteiger partial charge < -0.3 is 10.3 Å². The summed E-state index contributed by atoms with van der Waals surface area (Å²) in [5.74, 6) is 0.692. The first-order valence-electron chi connectivity index (χ1n) is 5.16. The highest BCUT2D eigenvalue weighted by Crippen LogP contribution is 2.22. The molecular formula is C11H13N5. The minimum atomic E-state index is -0.599. The van der Waals surface area contributed by atoms with E-state index in [1.165, 1.54) is 6.33 Å². The summed E-state index contributed by atoms with van der Waals surface area (Å²) in [4.78, 5) is 11.3. The van der Waals surface area contributed by atoms with Gasteiger partial charge in [0.1, 0.15) is 23.3 Å². The number of H-pyrrole nitrogens is 1. The Morgan fingerprint density at radius 2 is 2.38 bits per heavy atom. The molecule has 16 heavy (non-hydrogen) atoms. The van der Waals surface area contributed by atoms with E-state index in [0.717, 1.165) is 11.0 Å². The summed E-state index contributed by atoms with van der Waals surface area (Å²) in [6.45, 7) is 3.82. The Bertz CT molecular complexity index is 539. The van der Waals surface area contributed by atoms with Crippen molar-refractivity contribution in [3.8, 4) is 6.07 Å². The quantitative estimate of drug-likeness (QED) is 0.821. The maximum atomic E-state index is 9.11. The van der Waals surface area contributed by atoms with Crippen LogP contribution < -0.4 is 5.32 Å². The zero-order chi connectivity index (χ0) is 11.6. The van der Waals surface area contributed by atoms with E-state index in [0.29, 0.717) is 12.2 Å². The highest BCUT2D eigenvalue weighted by molar-refractivity contribution is 5.87. The van der Waals surface area contributed by atoms with E-state index in [1.54, 1.807) is 6.20 Å². The molecule has 82 valence electrons. The van der Waals surface area contributed by atoms with Gasteiger partial charge in [0.25, 0.3) is 0 Å². The first-order valence-corrected chi connectivity index (χ1v) is 5.16. The predicted octanol–water partition coefficient (Wildman–Crippen LogP) is 2.06. The third kappa shape index (κ3) is 1.70. The molecule has 2 N–H and O–H groups in total. The van der Waals surface area contributed by atoms with E-state index >= 15 is 0 Å². The molecule has 1 unspecified atom stereocenters. The second-order valence-electron chi connectivity index (χ2n) is 3.88. The van der Waals surface area contributed by atoms with E-state index in [4.69, 9.17) is 5.26 Å². The van der Waals surface area contributed by atoms with Crippen molar-refractivity contribution in [2.45, 2.75) is 25.8 Å². The number of aromatic nitrogens is 3. The number of hydrogen-bond donors (Lipinski definition) is 2. The second kappa shape index (κ2) is 3.81. The van der Waals surface area contributed by atoms with Gasteiger partial charge in [0, 0.05) is 6.20 Å². The minimum absolute atomic E-state index is 0.599. The average Bonchev–Trinajstić information content (AvgIpc) is 2.78. The summed E-state index contributed by atoms with van der Waals surface area (Å²) in [5, 5.41) is 13.2. The molecule has 1 atom stereocenters. The van der Waals surface area contributed by atoms with E-state index in [9.17, 15) is 0 Å². The predicted molar refractivity (Wildman–Crippen MR) is 61.8 cm³/mol. The van der Waals surface area contributed by atoms with Crippen LogP contribution >= 0.6 is 0 Å². The molecular weight excluding hydrogens is 202 g/mol. The average molecular weight is 215 g/mol. The molecule has 0 spiro atoms. The van der Waals surface area contributed by atoms with Gasteiger partial charge in [0.2, 0.25) is 0 Å². The number of fused-ring (bicyclic) bond motifs is 1. The molecule has 2 heterocycles. The van der Waals surface area contributed by atoms with Gasteiger partial charge >= 0.3 is 0 Å². The molecule has 0 saturated carbocycles. The SMILES string of the molecule is CCC(C)(C#N)Nc1ncnc2[nH]ccc12. The van der Waals surface area contributed by atoms with Crippen LogP contribution in [0.2, 0.25) is 0 Å². The lowest BCUT2D eigenvalue weighted by Gasteiger charge is -2.22. The first-order chi connectivity index (χ1) is 7.68. The van der Waals surface area contributed by atoms with Crippen LogP contribution in [0.5, 0.6) is 0 Å². The van der Waals surface area contributed by atoms with Gasteiger partial charge in [0.15, 0.2) is 0 Å². The molecule has 0 aromatic carbocycles. The molecule has 5 nitrogen and oxygen atoms in total. The Labute approximate surface area is 93.5 Å². The third-order valence-electron chi connectivity index (χ3n) is 2.70. The van der Waals surface area contributed by atoms with Crippen LogP contribution in [-0.4, -0.2) is 20.5 Å². The molecule has 0 amide bonds. The number of nitrogens with zero attached hydrogens (tertiary/aromatic N) is 3. The van der Waals surface area contributed by atoms with Crippen LogP contribution in [0, 0.1) is 11.3 Å². The van der Waals surface area contributed by atoms with Crippen molar-refractivity contribution in [1.82, 2.24) is 15.0 Å². The summed E-state index contributed by atoms with van der Waals surface area (Å²) < 4.78 is 0. The Morgan fingerprint density at radius 3 is 3.06 bits per heavy atom. The smallest absolute Gasteiger partial charge is 0.142 e. The first kappa shape index (κ1) is 10.4. The monoisotopic (exact) mass is 215 g/mol.